The van der Waals surface area contributed by atoms with E-state index in [-0.39, 0.29) is 0 Å². The summed E-state index contributed by atoms with van der Waals surface area (Å²) in [7, 11) is 0. The van der Waals surface area contributed by atoms with E-state index in [1.54, 1.807) is 0 Å². The normalized spacial score (nSPS) is 23.0. The molecule has 2 aliphatic rings. The van der Waals surface area contributed by atoms with Gasteiger partial charge in [-0.3, -0.25) is 4.99 Å². The Labute approximate surface area is 125 Å². The molecule has 1 atom stereocenters. The van der Waals surface area contributed by atoms with Crippen molar-refractivity contribution in [3.63, 3.8) is 0 Å². The maximum Gasteiger partial charge on any atom is 0.188 e. The molecule has 0 bridgehead atoms. The summed E-state index contributed by atoms with van der Waals surface area (Å²) in [6.07, 6.45) is 5.19. The zero-order valence-electron chi connectivity index (χ0n) is 11.8. The van der Waals surface area contributed by atoms with Gasteiger partial charge in [0, 0.05) is 18.3 Å². The number of hydrogen-bond acceptors (Lipinski definition) is 2. The molecule has 1 aromatic carbocycles. The number of nitrogens with zero attached hydrogens (tertiary/aromatic N) is 1. The number of rotatable bonds is 4. The largest absolute Gasteiger partial charge is 0.370 e. The fourth-order valence-electron chi connectivity index (χ4n) is 2.80. The van der Waals surface area contributed by atoms with Crippen molar-refractivity contribution in [1.82, 2.24) is 5.32 Å². The highest BCUT2D eigenvalue weighted by Crippen LogP contribution is 2.35. The predicted octanol–water partition coefficient (Wildman–Crippen LogP) is 2.72. The standard InChI is InChI=1S/C16H23N3S/c17-16(18-10-12-4-3-5-12)19-11-15-14-7-2-1-6-13(14)8-9-20-15/h1-2,6-7,12,15H,3-5,8-11H2,(H3,17,18,19). The van der Waals surface area contributed by atoms with Crippen LogP contribution in [-0.4, -0.2) is 24.8 Å². The van der Waals surface area contributed by atoms with Crippen LogP contribution in [0.25, 0.3) is 0 Å². The van der Waals surface area contributed by atoms with E-state index in [2.05, 4.69) is 34.6 Å². The number of thioether (sulfide) groups is 1. The Kier molecular flexibility index (Phi) is 4.51. The molecule has 1 saturated carbocycles. The number of nitrogens with one attached hydrogen (secondary N) is 1. The first kappa shape index (κ1) is 13.8. The van der Waals surface area contributed by atoms with Crippen molar-refractivity contribution in [1.29, 1.82) is 0 Å². The third-order valence-corrected chi connectivity index (χ3v) is 5.57. The lowest BCUT2D eigenvalue weighted by atomic mass is 9.86. The average molecular weight is 289 g/mol. The van der Waals surface area contributed by atoms with Crippen molar-refractivity contribution in [2.45, 2.75) is 30.9 Å². The SMILES string of the molecule is NC(=NCC1CCC1)NCC1SCCc2ccccc21. The number of guanidine groups is 1. The first-order valence-corrected chi connectivity index (χ1v) is 8.61. The van der Waals surface area contributed by atoms with Crippen molar-refractivity contribution in [3.05, 3.63) is 35.4 Å². The molecule has 4 heteroatoms. The third kappa shape index (κ3) is 3.29. The van der Waals surface area contributed by atoms with Crippen LogP contribution < -0.4 is 11.1 Å². The Bertz CT molecular complexity index is 482. The van der Waals surface area contributed by atoms with Crippen molar-refractivity contribution >= 4 is 17.7 Å². The molecule has 1 aromatic rings. The van der Waals surface area contributed by atoms with E-state index in [4.69, 9.17) is 5.73 Å². The molecule has 3 rings (SSSR count). The van der Waals surface area contributed by atoms with E-state index in [1.807, 2.05) is 11.8 Å². The molecule has 20 heavy (non-hydrogen) atoms. The van der Waals surface area contributed by atoms with E-state index in [0.29, 0.717) is 11.2 Å². The molecule has 0 spiro atoms. The van der Waals surface area contributed by atoms with Crippen LogP contribution in [0.4, 0.5) is 0 Å². The first-order chi connectivity index (χ1) is 9.83. The average Bonchev–Trinajstić information content (AvgIpc) is 2.43. The number of aliphatic imine (C=N–C) groups is 1. The minimum atomic E-state index is 0.498. The van der Waals surface area contributed by atoms with Crippen molar-refractivity contribution in [2.75, 3.05) is 18.8 Å². The van der Waals surface area contributed by atoms with Crippen molar-refractivity contribution in [3.8, 4) is 0 Å². The molecule has 1 unspecified atom stereocenters. The van der Waals surface area contributed by atoms with E-state index >= 15 is 0 Å². The van der Waals surface area contributed by atoms with Gasteiger partial charge in [0.25, 0.3) is 0 Å². The summed E-state index contributed by atoms with van der Waals surface area (Å²) in [6.45, 7) is 1.77. The maximum atomic E-state index is 5.97. The second-order valence-corrected chi connectivity index (χ2v) is 7.02. The predicted molar refractivity (Wildman–Crippen MR) is 87.2 cm³/mol. The van der Waals surface area contributed by atoms with Gasteiger partial charge in [-0.2, -0.15) is 11.8 Å². The molecule has 3 N–H and O–H groups in total. The highest BCUT2D eigenvalue weighted by molar-refractivity contribution is 7.99. The Hall–Kier alpha value is -1.16. The fraction of sp³-hybridized carbons (Fsp3) is 0.562. The smallest absolute Gasteiger partial charge is 0.188 e. The molecule has 108 valence electrons. The maximum absolute atomic E-state index is 5.97. The molecule has 0 amide bonds. The van der Waals surface area contributed by atoms with Gasteiger partial charge in [-0.15, -0.1) is 0 Å². The quantitative estimate of drug-likeness (QED) is 0.662. The molecule has 3 nitrogen and oxygen atoms in total. The Morgan fingerprint density at radius 1 is 1.35 bits per heavy atom. The summed E-state index contributed by atoms with van der Waals surface area (Å²) in [6, 6.07) is 8.76. The van der Waals surface area contributed by atoms with Crippen LogP contribution in [0.1, 0.15) is 35.6 Å². The highest BCUT2D eigenvalue weighted by Gasteiger charge is 2.20. The van der Waals surface area contributed by atoms with Crippen LogP contribution in [0.15, 0.2) is 29.3 Å². The fourth-order valence-corrected chi connectivity index (χ4v) is 4.03. The number of aryl methyl sites for hydroxylation is 1. The number of nitrogens with two attached hydrogens (primary N) is 1. The number of hydrogen-bond donors (Lipinski definition) is 2. The second kappa shape index (κ2) is 6.53. The van der Waals surface area contributed by atoms with E-state index in [9.17, 15) is 0 Å². The zero-order valence-corrected chi connectivity index (χ0v) is 12.7. The molecule has 0 aromatic heterocycles. The van der Waals surface area contributed by atoms with Gasteiger partial charge in [0.1, 0.15) is 0 Å². The van der Waals surface area contributed by atoms with Gasteiger partial charge in [-0.1, -0.05) is 30.7 Å². The van der Waals surface area contributed by atoms with Crippen LogP contribution in [-0.2, 0) is 6.42 Å². The Balaban J connectivity index is 1.53. The molecule has 1 heterocycles. The highest BCUT2D eigenvalue weighted by atomic mass is 32.2. The summed E-state index contributed by atoms with van der Waals surface area (Å²) in [4.78, 5) is 4.46. The summed E-state index contributed by atoms with van der Waals surface area (Å²) in [5.41, 5.74) is 8.92. The summed E-state index contributed by atoms with van der Waals surface area (Å²) in [5, 5.41) is 3.80. The summed E-state index contributed by atoms with van der Waals surface area (Å²) in [5.74, 6) is 2.59. The van der Waals surface area contributed by atoms with Gasteiger partial charge in [-0.25, -0.2) is 0 Å². The Morgan fingerprint density at radius 3 is 3.00 bits per heavy atom. The molecule has 0 radical (unpaired) electrons. The zero-order chi connectivity index (χ0) is 13.8. The monoisotopic (exact) mass is 289 g/mol. The molecule has 1 aliphatic heterocycles. The topological polar surface area (TPSA) is 50.4 Å². The van der Waals surface area contributed by atoms with Gasteiger partial charge in [-0.05, 0) is 42.1 Å². The van der Waals surface area contributed by atoms with Gasteiger partial charge in [0.15, 0.2) is 5.96 Å². The summed E-state index contributed by atoms with van der Waals surface area (Å²) >= 11 is 2.01. The number of benzene rings is 1. The van der Waals surface area contributed by atoms with E-state index in [1.165, 1.54) is 42.6 Å². The third-order valence-electron chi connectivity index (χ3n) is 4.31. The molecular weight excluding hydrogens is 266 g/mol. The van der Waals surface area contributed by atoms with E-state index < -0.39 is 0 Å². The van der Waals surface area contributed by atoms with Crippen LogP contribution in [0.5, 0.6) is 0 Å². The van der Waals surface area contributed by atoms with E-state index in [0.717, 1.165) is 19.0 Å². The van der Waals surface area contributed by atoms with Crippen LogP contribution in [0.3, 0.4) is 0 Å². The number of fused-ring (bicyclic) bond motifs is 1. The van der Waals surface area contributed by atoms with Gasteiger partial charge < -0.3 is 11.1 Å². The van der Waals surface area contributed by atoms with Crippen molar-refractivity contribution < 1.29 is 0 Å². The van der Waals surface area contributed by atoms with Crippen LogP contribution >= 0.6 is 11.8 Å². The minimum absolute atomic E-state index is 0.498. The molecule has 0 saturated heterocycles. The first-order valence-electron chi connectivity index (χ1n) is 7.56. The lowest BCUT2D eigenvalue weighted by Crippen LogP contribution is -2.35. The van der Waals surface area contributed by atoms with Crippen LogP contribution in [0.2, 0.25) is 0 Å². The van der Waals surface area contributed by atoms with Crippen LogP contribution in [0, 0.1) is 5.92 Å². The molecule has 1 fully saturated rings. The second-order valence-electron chi connectivity index (χ2n) is 5.71. The lowest BCUT2D eigenvalue weighted by molar-refractivity contribution is 0.326. The minimum Gasteiger partial charge on any atom is -0.370 e. The van der Waals surface area contributed by atoms with Gasteiger partial charge in [0.2, 0.25) is 0 Å². The van der Waals surface area contributed by atoms with Gasteiger partial charge >= 0.3 is 0 Å². The van der Waals surface area contributed by atoms with Crippen molar-refractivity contribution in [2.24, 2.45) is 16.6 Å². The molecule has 1 aliphatic carbocycles. The lowest BCUT2D eigenvalue weighted by Gasteiger charge is -2.26. The summed E-state index contributed by atoms with van der Waals surface area (Å²) < 4.78 is 0. The Morgan fingerprint density at radius 2 is 2.20 bits per heavy atom. The van der Waals surface area contributed by atoms with Gasteiger partial charge in [0.05, 0.1) is 0 Å². The molecular formula is C16H23N3S.